The van der Waals surface area contributed by atoms with Gasteiger partial charge < -0.3 is 19.5 Å². The number of carbonyl (C=O) groups excluding carboxylic acids is 3. The number of nitrogens with one attached hydrogen (secondary N) is 1. The highest BCUT2D eigenvalue weighted by Crippen LogP contribution is 2.25. The summed E-state index contributed by atoms with van der Waals surface area (Å²) in [6, 6.07) is 4.67. The molecule has 1 aromatic heterocycles. The molecule has 0 aliphatic carbocycles. The number of esters is 1. The van der Waals surface area contributed by atoms with E-state index < -0.39 is 12.0 Å². The van der Waals surface area contributed by atoms with Gasteiger partial charge in [0, 0.05) is 31.0 Å². The number of rotatable bonds is 5. The molecule has 29 heavy (non-hydrogen) atoms. The van der Waals surface area contributed by atoms with Crippen LogP contribution in [0.15, 0.2) is 18.2 Å². The molecule has 1 unspecified atom stereocenters. The fourth-order valence-corrected chi connectivity index (χ4v) is 3.49. The van der Waals surface area contributed by atoms with Crippen LogP contribution >= 0.6 is 0 Å². The second-order valence-electron chi connectivity index (χ2n) is 7.33. The van der Waals surface area contributed by atoms with Crippen molar-refractivity contribution in [3.8, 4) is 0 Å². The minimum absolute atomic E-state index is 0.232. The number of nitrogens with zero attached hydrogens (tertiary/aromatic N) is 2. The summed E-state index contributed by atoms with van der Waals surface area (Å²) < 4.78 is 6.49. The molecule has 2 aromatic rings. The van der Waals surface area contributed by atoms with Crippen LogP contribution in [-0.2, 0) is 11.8 Å². The Kier molecular flexibility index (Phi) is 6.51. The molecule has 0 aliphatic rings. The van der Waals surface area contributed by atoms with Gasteiger partial charge in [-0.15, -0.1) is 0 Å². The van der Waals surface area contributed by atoms with Crippen LogP contribution < -0.4 is 5.32 Å². The zero-order valence-corrected chi connectivity index (χ0v) is 18.3. The maximum absolute atomic E-state index is 13.2. The average molecular weight is 399 g/mol. The van der Waals surface area contributed by atoms with Crippen molar-refractivity contribution in [1.82, 2.24) is 9.47 Å². The second kappa shape index (κ2) is 8.51. The van der Waals surface area contributed by atoms with Gasteiger partial charge in [0.15, 0.2) is 5.78 Å². The predicted octanol–water partition coefficient (Wildman–Crippen LogP) is 3.78. The number of Topliss-reactive ketones (excluding diaryl/α,β-unsaturated/α-hetero) is 1. The lowest BCUT2D eigenvalue weighted by atomic mass is 10.0. The maximum atomic E-state index is 13.2. The number of methoxy groups -OCH3 is 1. The third kappa shape index (κ3) is 4.04. The Labute approximate surface area is 171 Å². The smallest absolute Gasteiger partial charge is 0.354 e. The molecule has 2 amide bonds. The first-order chi connectivity index (χ1) is 13.5. The highest BCUT2D eigenvalue weighted by Gasteiger charge is 2.31. The van der Waals surface area contributed by atoms with E-state index >= 15 is 0 Å². The fourth-order valence-electron chi connectivity index (χ4n) is 3.49. The number of hydrogen-bond acceptors (Lipinski definition) is 4. The Balaban J connectivity index is 2.30. The summed E-state index contributed by atoms with van der Waals surface area (Å²) in [7, 11) is 4.60. The van der Waals surface area contributed by atoms with Crippen LogP contribution in [0.1, 0.15) is 50.2 Å². The molecule has 1 N–H and O–H groups in total. The number of anilines is 1. The molecule has 2 rings (SSSR count). The zero-order valence-electron chi connectivity index (χ0n) is 18.3. The number of aromatic nitrogens is 1. The third-order valence-electron chi connectivity index (χ3n) is 5.55. The Morgan fingerprint density at radius 2 is 1.66 bits per heavy atom. The standard InChI is InChI=1S/C22H29N3O4/c1-12-10-9-11-13(2)18(12)23-22(28)25(7)16(5)20(26)17-14(3)19(21(27)29-8)24(6)15(17)4/h9-11,16H,1-8H3,(H,23,28). The van der Waals surface area contributed by atoms with Gasteiger partial charge in [-0.25, -0.2) is 9.59 Å². The minimum Gasteiger partial charge on any atom is -0.464 e. The number of likely N-dealkylation sites (N-methyl/N-ethyl adjacent to an activating group) is 1. The molecule has 0 spiro atoms. The van der Waals surface area contributed by atoms with Crippen LogP contribution in [0, 0.1) is 27.7 Å². The number of benzene rings is 1. The van der Waals surface area contributed by atoms with Gasteiger partial charge in [0.25, 0.3) is 0 Å². The van der Waals surface area contributed by atoms with Crippen molar-refractivity contribution in [3.63, 3.8) is 0 Å². The molecule has 0 aliphatic heterocycles. The molecule has 0 bridgehead atoms. The highest BCUT2D eigenvalue weighted by atomic mass is 16.5. The first kappa shape index (κ1) is 22.2. The third-order valence-corrected chi connectivity index (χ3v) is 5.55. The summed E-state index contributed by atoms with van der Waals surface area (Å²) in [5.74, 6) is -0.731. The van der Waals surface area contributed by atoms with Gasteiger partial charge in [-0.1, -0.05) is 18.2 Å². The molecule has 1 atom stereocenters. The van der Waals surface area contributed by atoms with E-state index in [1.165, 1.54) is 12.0 Å². The van der Waals surface area contributed by atoms with Crippen LogP contribution in [-0.4, -0.2) is 47.4 Å². The van der Waals surface area contributed by atoms with E-state index in [9.17, 15) is 14.4 Å². The molecule has 7 nitrogen and oxygen atoms in total. The summed E-state index contributed by atoms with van der Waals surface area (Å²) in [4.78, 5) is 39.4. The van der Waals surface area contributed by atoms with Crippen molar-refractivity contribution in [2.45, 2.75) is 40.7 Å². The molecule has 156 valence electrons. The van der Waals surface area contributed by atoms with E-state index in [0.717, 1.165) is 16.8 Å². The van der Waals surface area contributed by atoms with E-state index in [-0.39, 0.29) is 11.8 Å². The Bertz CT molecular complexity index is 955. The number of aryl methyl sites for hydroxylation is 2. The number of amides is 2. The van der Waals surface area contributed by atoms with Gasteiger partial charge in [-0.3, -0.25) is 4.79 Å². The van der Waals surface area contributed by atoms with Gasteiger partial charge in [-0.2, -0.15) is 0 Å². The molecule has 0 fully saturated rings. The number of ketones is 1. The van der Waals surface area contributed by atoms with Crippen molar-refractivity contribution in [2.75, 3.05) is 19.5 Å². The molecular formula is C22H29N3O4. The van der Waals surface area contributed by atoms with Crippen LogP contribution in [0.3, 0.4) is 0 Å². The second-order valence-corrected chi connectivity index (χ2v) is 7.33. The SMILES string of the molecule is COC(=O)c1c(C)c(C(=O)C(C)N(C)C(=O)Nc2c(C)cccc2C)c(C)n1C. The normalized spacial score (nSPS) is 11.7. The average Bonchev–Trinajstić information content (AvgIpc) is 2.91. The Morgan fingerprint density at radius 1 is 1.10 bits per heavy atom. The van der Waals surface area contributed by atoms with Gasteiger partial charge in [-0.05, 0) is 51.3 Å². The number of carbonyl (C=O) groups is 3. The maximum Gasteiger partial charge on any atom is 0.354 e. The topological polar surface area (TPSA) is 80.6 Å². The molecule has 7 heteroatoms. The van der Waals surface area contributed by atoms with E-state index in [4.69, 9.17) is 4.74 Å². The lowest BCUT2D eigenvalue weighted by molar-refractivity contribution is 0.0588. The summed E-state index contributed by atoms with van der Waals surface area (Å²) in [6.45, 7) is 9.01. The summed E-state index contributed by atoms with van der Waals surface area (Å²) in [5, 5.41) is 2.89. The van der Waals surface area contributed by atoms with Crippen LogP contribution in [0.25, 0.3) is 0 Å². The Morgan fingerprint density at radius 3 is 2.17 bits per heavy atom. The van der Waals surface area contributed by atoms with Gasteiger partial charge in [0.2, 0.25) is 0 Å². The van der Waals surface area contributed by atoms with Crippen molar-refractivity contribution < 1.29 is 19.1 Å². The molecular weight excluding hydrogens is 370 g/mol. The number of ether oxygens (including phenoxy) is 1. The molecule has 0 saturated heterocycles. The van der Waals surface area contributed by atoms with E-state index in [1.54, 1.807) is 39.4 Å². The van der Waals surface area contributed by atoms with Crippen LogP contribution in [0.5, 0.6) is 0 Å². The molecule has 1 aromatic carbocycles. The van der Waals surface area contributed by atoms with Crippen molar-refractivity contribution >= 4 is 23.5 Å². The largest absolute Gasteiger partial charge is 0.464 e. The monoisotopic (exact) mass is 399 g/mol. The summed E-state index contributed by atoms with van der Waals surface area (Å²) >= 11 is 0. The van der Waals surface area contributed by atoms with Gasteiger partial charge >= 0.3 is 12.0 Å². The lowest BCUT2D eigenvalue weighted by Gasteiger charge is -2.25. The molecule has 0 saturated carbocycles. The number of para-hydroxylation sites is 1. The van der Waals surface area contributed by atoms with Crippen molar-refractivity contribution in [3.05, 3.63) is 51.8 Å². The lowest BCUT2D eigenvalue weighted by Crippen LogP contribution is -2.43. The molecule has 1 heterocycles. The van der Waals surface area contributed by atoms with Crippen molar-refractivity contribution in [2.24, 2.45) is 7.05 Å². The van der Waals surface area contributed by atoms with Gasteiger partial charge in [0.05, 0.1) is 13.2 Å². The van der Waals surface area contributed by atoms with E-state index in [2.05, 4.69) is 5.32 Å². The van der Waals surface area contributed by atoms with Crippen LogP contribution in [0.4, 0.5) is 10.5 Å². The van der Waals surface area contributed by atoms with E-state index in [0.29, 0.717) is 22.5 Å². The number of hydrogen-bond donors (Lipinski definition) is 1. The van der Waals surface area contributed by atoms with E-state index in [1.807, 2.05) is 32.0 Å². The first-order valence-corrected chi connectivity index (χ1v) is 9.41. The molecule has 0 radical (unpaired) electrons. The van der Waals surface area contributed by atoms with Gasteiger partial charge in [0.1, 0.15) is 5.69 Å². The number of urea groups is 1. The summed E-state index contributed by atoms with van der Waals surface area (Å²) in [5.41, 5.74) is 4.62. The van der Waals surface area contributed by atoms with Crippen molar-refractivity contribution in [1.29, 1.82) is 0 Å². The fraction of sp³-hybridized carbons (Fsp3) is 0.409. The predicted molar refractivity (Wildman–Crippen MR) is 113 cm³/mol. The first-order valence-electron chi connectivity index (χ1n) is 9.41. The summed E-state index contributed by atoms with van der Waals surface area (Å²) in [6.07, 6.45) is 0. The zero-order chi connectivity index (χ0) is 22.0. The van der Waals surface area contributed by atoms with Crippen LogP contribution in [0.2, 0.25) is 0 Å². The minimum atomic E-state index is -0.718. The quantitative estimate of drug-likeness (QED) is 0.613. The Hall–Kier alpha value is -3.09. The highest BCUT2D eigenvalue weighted by molar-refractivity contribution is 6.07.